The van der Waals surface area contributed by atoms with Gasteiger partial charge in [0.05, 0.1) is 11.1 Å². The van der Waals surface area contributed by atoms with Crippen molar-refractivity contribution in [2.24, 2.45) is 5.41 Å². The van der Waals surface area contributed by atoms with E-state index in [1.165, 1.54) is 4.90 Å². The minimum atomic E-state index is -0.555. The SMILES string of the molecule is CCC1(CC)CC(=O)N(c2ccc(C=O)cc2)C1=O. The summed E-state index contributed by atoms with van der Waals surface area (Å²) in [7, 11) is 0. The first-order valence-corrected chi connectivity index (χ1v) is 6.50. The van der Waals surface area contributed by atoms with E-state index in [1.54, 1.807) is 24.3 Å². The average molecular weight is 259 g/mol. The van der Waals surface area contributed by atoms with Gasteiger partial charge in [-0.3, -0.25) is 19.3 Å². The maximum atomic E-state index is 12.5. The van der Waals surface area contributed by atoms with E-state index in [0.717, 1.165) is 6.29 Å². The van der Waals surface area contributed by atoms with E-state index in [2.05, 4.69) is 0 Å². The first-order valence-electron chi connectivity index (χ1n) is 6.50. The number of rotatable bonds is 4. The van der Waals surface area contributed by atoms with Gasteiger partial charge in [-0.15, -0.1) is 0 Å². The third-order valence-electron chi connectivity index (χ3n) is 4.04. The maximum Gasteiger partial charge on any atom is 0.240 e. The zero-order valence-electron chi connectivity index (χ0n) is 11.2. The van der Waals surface area contributed by atoms with Gasteiger partial charge in [0.1, 0.15) is 6.29 Å². The Morgan fingerprint density at radius 3 is 2.16 bits per heavy atom. The molecular weight excluding hydrogens is 242 g/mol. The van der Waals surface area contributed by atoms with Crippen molar-refractivity contribution in [3.05, 3.63) is 29.8 Å². The lowest BCUT2D eigenvalue weighted by atomic mass is 9.81. The predicted molar refractivity (Wildman–Crippen MR) is 72.0 cm³/mol. The van der Waals surface area contributed by atoms with Gasteiger partial charge in [-0.2, -0.15) is 0 Å². The van der Waals surface area contributed by atoms with Crippen LogP contribution in [0.2, 0.25) is 0 Å². The molecular formula is C15H17NO3. The summed E-state index contributed by atoms with van der Waals surface area (Å²) in [6.07, 6.45) is 2.34. The number of carbonyl (C=O) groups is 3. The van der Waals surface area contributed by atoms with Crippen LogP contribution in [0.5, 0.6) is 0 Å². The Bertz CT molecular complexity index is 515. The van der Waals surface area contributed by atoms with Gasteiger partial charge in [0.25, 0.3) is 0 Å². The van der Waals surface area contributed by atoms with E-state index in [0.29, 0.717) is 24.1 Å². The van der Waals surface area contributed by atoms with Crippen molar-refractivity contribution in [1.82, 2.24) is 0 Å². The van der Waals surface area contributed by atoms with Crippen LogP contribution < -0.4 is 4.90 Å². The lowest BCUT2D eigenvalue weighted by Crippen LogP contribution is -2.35. The molecule has 1 saturated heterocycles. The van der Waals surface area contributed by atoms with Crippen LogP contribution in [0.15, 0.2) is 24.3 Å². The molecule has 19 heavy (non-hydrogen) atoms. The van der Waals surface area contributed by atoms with Crippen molar-refractivity contribution in [2.45, 2.75) is 33.1 Å². The number of amides is 2. The first-order chi connectivity index (χ1) is 9.07. The maximum absolute atomic E-state index is 12.5. The Kier molecular flexibility index (Phi) is 3.51. The summed E-state index contributed by atoms with van der Waals surface area (Å²) in [5.41, 5.74) is 0.518. The van der Waals surface area contributed by atoms with Crippen molar-refractivity contribution in [2.75, 3.05) is 4.90 Å². The monoisotopic (exact) mass is 259 g/mol. The number of hydrogen-bond acceptors (Lipinski definition) is 3. The minimum Gasteiger partial charge on any atom is -0.298 e. The van der Waals surface area contributed by atoms with Gasteiger partial charge in [-0.25, -0.2) is 0 Å². The zero-order valence-corrected chi connectivity index (χ0v) is 11.2. The fourth-order valence-corrected chi connectivity index (χ4v) is 2.56. The summed E-state index contributed by atoms with van der Waals surface area (Å²) in [6, 6.07) is 6.50. The fraction of sp³-hybridized carbons (Fsp3) is 0.400. The summed E-state index contributed by atoms with van der Waals surface area (Å²) < 4.78 is 0. The molecule has 1 aliphatic heterocycles. The van der Waals surface area contributed by atoms with Crippen LogP contribution in [0, 0.1) is 5.41 Å². The van der Waals surface area contributed by atoms with Crippen molar-refractivity contribution in [3.8, 4) is 0 Å². The van der Waals surface area contributed by atoms with Gasteiger partial charge in [0.2, 0.25) is 11.8 Å². The summed E-state index contributed by atoms with van der Waals surface area (Å²) >= 11 is 0. The lowest BCUT2D eigenvalue weighted by molar-refractivity contribution is -0.126. The number of nitrogens with zero attached hydrogens (tertiary/aromatic N) is 1. The molecule has 0 atom stereocenters. The molecule has 0 aliphatic carbocycles. The molecule has 0 radical (unpaired) electrons. The molecule has 1 heterocycles. The highest BCUT2D eigenvalue weighted by Gasteiger charge is 2.49. The van der Waals surface area contributed by atoms with Crippen molar-refractivity contribution < 1.29 is 14.4 Å². The van der Waals surface area contributed by atoms with E-state index in [4.69, 9.17) is 0 Å². The molecule has 1 aromatic carbocycles. The van der Waals surface area contributed by atoms with E-state index in [-0.39, 0.29) is 18.2 Å². The van der Waals surface area contributed by atoms with E-state index in [1.807, 2.05) is 13.8 Å². The molecule has 100 valence electrons. The van der Waals surface area contributed by atoms with Crippen LogP contribution >= 0.6 is 0 Å². The second-order valence-electron chi connectivity index (χ2n) is 4.91. The normalized spacial score (nSPS) is 17.9. The topological polar surface area (TPSA) is 54.5 Å². The lowest BCUT2D eigenvalue weighted by Gasteiger charge is -2.23. The van der Waals surface area contributed by atoms with Gasteiger partial charge in [0, 0.05) is 12.0 Å². The number of anilines is 1. The van der Waals surface area contributed by atoms with Gasteiger partial charge in [-0.05, 0) is 37.1 Å². The Balaban J connectivity index is 2.37. The van der Waals surface area contributed by atoms with Gasteiger partial charge < -0.3 is 0 Å². The van der Waals surface area contributed by atoms with Crippen LogP contribution in [0.4, 0.5) is 5.69 Å². The molecule has 0 saturated carbocycles. The first kappa shape index (κ1) is 13.5. The summed E-state index contributed by atoms with van der Waals surface area (Å²) in [4.78, 5) is 36.5. The summed E-state index contributed by atoms with van der Waals surface area (Å²) in [5, 5.41) is 0. The number of carbonyl (C=O) groups excluding carboxylic acids is 3. The standard InChI is InChI=1S/C15H17NO3/c1-3-15(4-2)9-13(18)16(14(15)19)12-7-5-11(10-17)6-8-12/h5-8,10H,3-4,9H2,1-2H3. The van der Waals surface area contributed by atoms with E-state index >= 15 is 0 Å². The van der Waals surface area contributed by atoms with Gasteiger partial charge in [-0.1, -0.05) is 13.8 Å². The van der Waals surface area contributed by atoms with Crippen molar-refractivity contribution in [3.63, 3.8) is 0 Å². The third kappa shape index (κ3) is 2.07. The Labute approximate surface area is 112 Å². The highest BCUT2D eigenvalue weighted by atomic mass is 16.2. The molecule has 0 aromatic heterocycles. The molecule has 2 rings (SSSR count). The van der Waals surface area contributed by atoms with Gasteiger partial charge in [0.15, 0.2) is 0 Å². The Hall–Kier alpha value is -1.97. The molecule has 2 amide bonds. The largest absolute Gasteiger partial charge is 0.298 e. The third-order valence-corrected chi connectivity index (χ3v) is 4.04. The predicted octanol–water partition coefficient (Wildman–Crippen LogP) is 2.57. The van der Waals surface area contributed by atoms with Crippen molar-refractivity contribution >= 4 is 23.8 Å². The molecule has 1 aliphatic rings. The van der Waals surface area contributed by atoms with Crippen LogP contribution in [0.25, 0.3) is 0 Å². The highest BCUT2D eigenvalue weighted by Crippen LogP contribution is 2.41. The van der Waals surface area contributed by atoms with Crippen LogP contribution in [0.1, 0.15) is 43.5 Å². The Morgan fingerprint density at radius 1 is 1.16 bits per heavy atom. The molecule has 4 nitrogen and oxygen atoms in total. The summed E-state index contributed by atoms with van der Waals surface area (Å²) in [5.74, 6) is -0.283. The zero-order chi connectivity index (χ0) is 14.0. The minimum absolute atomic E-state index is 0.124. The fourth-order valence-electron chi connectivity index (χ4n) is 2.56. The molecule has 1 aromatic rings. The van der Waals surface area contributed by atoms with E-state index in [9.17, 15) is 14.4 Å². The molecule has 4 heteroatoms. The van der Waals surface area contributed by atoms with Crippen LogP contribution in [0.3, 0.4) is 0 Å². The molecule has 0 unspecified atom stereocenters. The molecule has 0 N–H and O–H groups in total. The molecule has 1 fully saturated rings. The van der Waals surface area contributed by atoms with Crippen molar-refractivity contribution in [1.29, 1.82) is 0 Å². The number of imide groups is 1. The van der Waals surface area contributed by atoms with Crippen LogP contribution in [-0.2, 0) is 9.59 Å². The van der Waals surface area contributed by atoms with E-state index < -0.39 is 5.41 Å². The summed E-state index contributed by atoms with van der Waals surface area (Å²) in [6.45, 7) is 3.88. The van der Waals surface area contributed by atoms with Crippen LogP contribution in [-0.4, -0.2) is 18.1 Å². The molecule has 0 bridgehead atoms. The number of benzene rings is 1. The number of aldehydes is 1. The average Bonchev–Trinajstić information content (AvgIpc) is 2.70. The van der Waals surface area contributed by atoms with Gasteiger partial charge >= 0.3 is 0 Å². The quantitative estimate of drug-likeness (QED) is 0.617. The second-order valence-corrected chi connectivity index (χ2v) is 4.91. The molecule has 0 spiro atoms. The smallest absolute Gasteiger partial charge is 0.240 e. The Morgan fingerprint density at radius 2 is 1.74 bits per heavy atom. The number of hydrogen-bond donors (Lipinski definition) is 0. The highest BCUT2D eigenvalue weighted by molar-refractivity contribution is 6.22. The second kappa shape index (κ2) is 4.96.